The fourth-order valence-electron chi connectivity index (χ4n) is 3.60. The second kappa shape index (κ2) is 20.7. The molecule has 0 amide bonds. The molecular formula is C26H38Cl3N3Ru. The Balaban J connectivity index is 0. The van der Waals surface area contributed by atoms with Crippen LogP contribution in [-0.4, -0.2) is 35.6 Å². The topological polar surface area (TPSA) is 28.2 Å². The quantitative estimate of drug-likeness (QED) is 0.368. The van der Waals surface area contributed by atoms with Crippen LogP contribution in [-0.2, 0) is 19.5 Å². The molecule has 1 N–H and O–H groups in total. The number of nitrogens with one attached hydrogen (secondary N) is 1. The number of halogens is 3. The van der Waals surface area contributed by atoms with Crippen molar-refractivity contribution in [3.8, 4) is 0 Å². The third-order valence-corrected chi connectivity index (χ3v) is 5.68. The number of aromatic nitrogens is 1. The smallest absolute Gasteiger partial charge is 1.00 e. The van der Waals surface area contributed by atoms with E-state index >= 15 is 0 Å². The number of benzene rings is 1. The van der Waals surface area contributed by atoms with Gasteiger partial charge < -0.3 is 35.0 Å². The van der Waals surface area contributed by atoms with E-state index in [9.17, 15) is 0 Å². The molecule has 0 radical (unpaired) electrons. The molecule has 1 aromatic heterocycles. The minimum atomic E-state index is 0. The summed E-state index contributed by atoms with van der Waals surface area (Å²) >= 11 is 6.04. The Bertz CT molecular complexity index is 784. The predicted molar refractivity (Wildman–Crippen MR) is 134 cm³/mol. The van der Waals surface area contributed by atoms with Crippen molar-refractivity contribution < 1.29 is 44.3 Å². The van der Waals surface area contributed by atoms with Gasteiger partial charge in [0, 0.05) is 28.3 Å². The summed E-state index contributed by atoms with van der Waals surface area (Å²) in [5.74, 6) is 0. The summed E-state index contributed by atoms with van der Waals surface area (Å²) in [5, 5.41) is 5.47. The first-order valence-electron chi connectivity index (χ1n) is 11.5. The molecule has 33 heavy (non-hydrogen) atoms. The second-order valence-electron chi connectivity index (χ2n) is 7.83. The van der Waals surface area contributed by atoms with Gasteiger partial charge >= 0.3 is 19.5 Å². The van der Waals surface area contributed by atoms with Gasteiger partial charge in [-0.3, -0.25) is 4.98 Å². The Labute approximate surface area is 231 Å². The molecule has 7 heteroatoms. The maximum absolute atomic E-state index is 6.04. The first-order chi connectivity index (χ1) is 14.6. The summed E-state index contributed by atoms with van der Waals surface area (Å²) in [4.78, 5) is 6.86. The molecule has 0 fully saturated rings. The van der Waals surface area contributed by atoms with Crippen LogP contribution < -0.4 is 30.1 Å². The van der Waals surface area contributed by atoms with E-state index in [1.54, 1.807) is 0 Å². The third-order valence-electron chi connectivity index (χ3n) is 5.45. The normalized spacial score (nSPS) is 15.3. The number of hydrogen-bond donors (Lipinski definition) is 1. The Kier molecular flexibility index (Phi) is 21.7. The number of rotatable bonds is 8. The van der Waals surface area contributed by atoms with Crippen molar-refractivity contribution >= 4 is 28.2 Å². The molecule has 1 unspecified atom stereocenters. The number of pyridine rings is 1. The summed E-state index contributed by atoms with van der Waals surface area (Å²) in [6.45, 7) is 10.1. The van der Waals surface area contributed by atoms with Gasteiger partial charge in [-0.05, 0) is 89.3 Å². The van der Waals surface area contributed by atoms with E-state index in [0.29, 0.717) is 6.04 Å². The van der Waals surface area contributed by atoms with Gasteiger partial charge in [-0.15, -0.1) is 0 Å². The monoisotopic (exact) mass is 599 g/mol. The van der Waals surface area contributed by atoms with Crippen LogP contribution in [0.5, 0.6) is 0 Å². The molecule has 0 spiro atoms. The molecule has 3 rings (SSSR count). The van der Waals surface area contributed by atoms with Crippen LogP contribution in [0.2, 0.25) is 5.02 Å². The van der Waals surface area contributed by atoms with Gasteiger partial charge in [-0.1, -0.05) is 49.8 Å². The van der Waals surface area contributed by atoms with Crippen molar-refractivity contribution in [3.63, 3.8) is 0 Å². The molecule has 186 valence electrons. The number of allylic oxidation sites excluding steroid dienone is 4. The third kappa shape index (κ3) is 13.7. The summed E-state index contributed by atoms with van der Waals surface area (Å²) in [6.07, 6.45) is 18.2. The minimum Gasteiger partial charge on any atom is -1.00 e. The first kappa shape index (κ1) is 34.5. The molecular weight excluding hydrogens is 562 g/mol. The van der Waals surface area contributed by atoms with Gasteiger partial charge in [0.05, 0.1) is 5.52 Å². The maximum Gasteiger partial charge on any atom is 2.00 e. The van der Waals surface area contributed by atoms with Crippen molar-refractivity contribution in [3.05, 3.63) is 59.8 Å². The second-order valence-corrected chi connectivity index (χ2v) is 8.27. The zero-order valence-corrected chi connectivity index (χ0v) is 24.0. The Morgan fingerprint density at radius 3 is 2.09 bits per heavy atom. The fraction of sp³-hybridized carbons (Fsp3) is 0.500. The summed E-state index contributed by atoms with van der Waals surface area (Å²) < 4.78 is 0. The van der Waals surface area contributed by atoms with Gasteiger partial charge in [-0.2, -0.15) is 0 Å². The van der Waals surface area contributed by atoms with Gasteiger partial charge in [-0.25, -0.2) is 0 Å². The van der Waals surface area contributed by atoms with E-state index in [2.05, 4.69) is 60.3 Å². The Morgan fingerprint density at radius 2 is 1.55 bits per heavy atom. The fourth-order valence-corrected chi connectivity index (χ4v) is 3.77. The van der Waals surface area contributed by atoms with Crippen LogP contribution in [0.4, 0.5) is 5.69 Å². The molecule has 1 aliphatic rings. The average molecular weight is 600 g/mol. The molecule has 1 heterocycles. The van der Waals surface area contributed by atoms with Crippen LogP contribution >= 0.6 is 11.6 Å². The van der Waals surface area contributed by atoms with Crippen molar-refractivity contribution in [2.24, 2.45) is 0 Å². The van der Waals surface area contributed by atoms with Crippen LogP contribution in [0.15, 0.2) is 54.8 Å². The number of nitrogens with zero attached hydrogens (tertiary/aromatic N) is 2. The molecule has 1 atom stereocenters. The van der Waals surface area contributed by atoms with Crippen molar-refractivity contribution in [2.75, 3.05) is 25.0 Å². The van der Waals surface area contributed by atoms with Crippen LogP contribution in [0.1, 0.15) is 59.3 Å². The first-order valence-corrected chi connectivity index (χ1v) is 11.8. The van der Waals surface area contributed by atoms with E-state index in [1.165, 1.54) is 38.6 Å². The SMILES string of the molecule is C1=C\CC/C=C\CC/1.CCN(CC)CCCC(C)Nc1ccnc2cc(Cl)ccc12.[Cl-].[Cl-].[Ru+2]. The average Bonchev–Trinajstić information content (AvgIpc) is 2.71. The molecule has 3 nitrogen and oxygen atoms in total. The van der Waals surface area contributed by atoms with Gasteiger partial charge in [0.15, 0.2) is 0 Å². The van der Waals surface area contributed by atoms with E-state index in [4.69, 9.17) is 11.6 Å². The van der Waals surface area contributed by atoms with E-state index in [1.807, 2.05) is 30.5 Å². The van der Waals surface area contributed by atoms with Crippen molar-refractivity contribution in [1.29, 1.82) is 0 Å². The standard InChI is InChI=1S/C18H26ClN3.C8H12.2ClH.Ru/c1-4-22(5-2)12-6-7-14(3)21-17-10-11-20-18-13-15(19)8-9-16(17)18;1-2-4-6-8-7-5-3-1;;;/h8-11,13-14H,4-7,12H2,1-3H3,(H,20,21);1-2,7-8H,3-6H2;2*1H;/q;;;;+2/p-2/b;2-1-,8-7-;;;. The molecule has 1 aromatic carbocycles. The molecule has 2 aromatic rings. The summed E-state index contributed by atoms with van der Waals surface area (Å²) in [6, 6.07) is 8.35. The number of hydrogen-bond acceptors (Lipinski definition) is 3. The van der Waals surface area contributed by atoms with Gasteiger partial charge in [0.25, 0.3) is 0 Å². The minimum absolute atomic E-state index is 0. The number of fused-ring (bicyclic) bond motifs is 1. The Hall–Kier alpha value is -0.637. The van der Waals surface area contributed by atoms with Crippen molar-refractivity contribution in [2.45, 2.75) is 65.3 Å². The van der Waals surface area contributed by atoms with Gasteiger partial charge in [0.2, 0.25) is 0 Å². The molecule has 0 saturated heterocycles. The van der Waals surface area contributed by atoms with E-state index < -0.39 is 0 Å². The molecule has 1 aliphatic carbocycles. The Morgan fingerprint density at radius 1 is 0.970 bits per heavy atom. The zero-order valence-electron chi connectivity index (χ0n) is 20.0. The summed E-state index contributed by atoms with van der Waals surface area (Å²) in [5.41, 5.74) is 2.07. The van der Waals surface area contributed by atoms with E-state index in [-0.39, 0.29) is 44.3 Å². The zero-order chi connectivity index (χ0) is 21.6. The van der Waals surface area contributed by atoms with Crippen LogP contribution in [0.3, 0.4) is 0 Å². The number of anilines is 1. The maximum atomic E-state index is 6.04. The molecule has 0 saturated carbocycles. The van der Waals surface area contributed by atoms with Crippen LogP contribution in [0.25, 0.3) is 10.9 Å². The van der Waals surface area contributed by atoms with E-state index in [0.717, 1.165) is 41.1 Å². The molecule has 0 aliphatic heterocycles. The summed E-state index contributed by atoms with van der Waals surface area (Å²) in [7, 11) is 0. The van der Waals surface area contributed by atoms with Crippen LogP contribution in [0, 0.1) is 0 Å². The molecule has 0 bridgehead atoms. The van der Waals surface area contributed by atoms with Gasteiger partial charge in [0.1, 0.15) is 0 Å². The predicted octanol–water partition coefficient (Wildman–Crippen LogP) is 1.49. The van der Waals surface area contributed by atoms with Crippen molar-refractivity contribution in [1.82, 2.24) is 9.88 Å². The largest absolute Gasteiger partial charge is 2.00 e.